The van der Waals surface area contributed by atoms with Gasteiger partial charge < -0.3 is 5.73 Å². The van der Waals surface area contributed by atoms with E-state index in [0.29, 0.717) is 16.8 Å². The second kappa shape index (κ2) is 4.70. The zero-order valence-electron chi connectivity index (χ0n) is 9.59. The van der Waals surface area contributed by atoms with Gasteiger partial charge in [-0.1, -0.05) is 31.5 Å². The average Bonchev–Trinajstić information content (AvgIpc) is 2.64. The summed E-state index contributed by atoms with van der Waals surface area (Å²) in [6, 6.07) is 5.79. The number of H-pyrrole nitrogens is 1. The normalized spacial score (nSPS) is 11.1. The van der Waals surface area contributed by atoms with Gasteiger partial charge in [0.05, 0.1) is 10.7 Å². The maximum absolute atomic E-state index is 6.09. The van der Waals surface area contributed by atoms with E-state index in [2.05, 4.69) is 40.0 Å². The molecule has 2 aromatic rings. The summed E-state index contributed by atoms with van der Waals surface area (Å²) in [5.41, 5.74) is 8.82. The lowest BCUT2D eigenvalue weighted by Crippen LogP contribution is -1.95. The van der Waals surface area contributed by atoms with Crippen molar-refractivity contribution in [3.05, 3.63) is 33.3 Å². The van der Waals surface area contributed by atoms with Crippen molar-refractivity contribution in [3.63, 3.8) is 0 Å². The molecule has 3 N–H and O–H groups in total. The van der Waals surface area contributed by atoms with Crippen LogP contribution < -0.4 is 5.73 Å². The Balaban J connectivity index is 2.56. The Morgan fingerprint density at radius 1 is 1.41 bits per heavy atom. The summed E-state index contributed by atoms with van der Waals surface area (Å²) < 4.78 is 0.876. The van der Waals surface area contributed by atoms with Crippen LogP contribution in [0.15, 0.2) is 22.7 Å². The number of nitrogens with one attached hydrogen (secondary N) is 1. The van der Waals surface area contributed by atoms with Crippen molar-refractivity contribution in [2.45, 2.75) is 19.8 Å². The largest absolute Gasteiger partial charge is 0.382 e. The molecule has 0 bridgehead atoms. The molecule has 0 aliphatic rings. The topological polar surface area (TPSA) is 54.7 Å². The first-order valence-corrected chi connectivity index (χ1v) is 6.47. The summed E-state index contributed by atoms with van der Waals surface area (Å²) in [4.78, 5) is 0. The van der Waals surface area contributed by atoms with E-state index in [1.807, 2.05) is 18.2 Å². The summed E-state index contributed by atoms with van der Waals surface area (Å²) in [6.45, 7) is 4.18. The molecule has 0 aliphatic carbocycles. The Hall–Kier alpha value is -1.000. The number of hydrogen-bond acceptors (Lipinski definition) is 2. The molecule has 0 radical (unpaired) electrons. The Labute approximate surface area is 113 Å². The molecule has 1 heterocycles. The number of nitrogen functional groups attached to an aromatic ring is 1. The van der Waals surface area contributed by atoms with E-state index in [0.717, 1.165) is 21.3 Å². The summed E-state index contributed by atoms with van der Waals surface area (Å²) in [5.74, 6) is 0.861. The van der Waals surface area contributed by atoms with Crippen LogP contribution in [-0.4, -0.2) is 10.2 Å². The minimum Gasteiger partial charge on any atom is -0.382 e. The lowest BCUT2D eigenvalue weighted by molar-refractivity contribution is 0.873. The van der Waals surface area contributed by atoms with Gasteiger partial charge in [-0.3, -0.25) is 5.10 Å². The third kappa shape index (κ3) is 2.33. The zero-order chi connectivity index (χ0) is 12.6. The van der Waals surface area contributed by atoms with Crippen molar-refractivity contribution >= 4 is 33.3 Å². The molecule has 0 atom stereocenters. The lowest BCUT2D eigenvalue weighted by atomic mass is 9.99. The standard InChI is InChI=1S/C12H13BrClN3/c1-6(2)10-11(16-17-12(10)15)7-3-4-8(13)9(14)5-7/h3-6H,1-2H3,(H3,15,16,17). The molecule has 5 heteroatoms. The first-order chi connectivity index (χ1) is 8.00. The van der Waals surface area contributed by atoms with E-state index in [1.165, 1.54) is 0 Å². The van der Waals surface area contributed by atoms with Crippen LogP contribution in [0.2, 0.25) is 5.02 Å². The predicted octanol–water partition coefficient (Wildman–Crippen LogP) is 4.20. The van der Waals surface area contributed by atoms with Gasteiger partial charge in [-0.05, 0) is 34.0 Å². The van der Waals surface area contributed by atoms with Crippen LogP contribution in [0.25, 0.3) is 11.3 Å². The van der Waals surface area contributed by atoms with Crippen molar-refractivity contribution in [3.8, 4) is 11.3 Å². The molecule has 0 amide bonds. The molecule has 17 heavy (non-hydrogen) atoms. The number of aromatic amines is 1. The van der Waals surface area contributed by atoms with Crippen LogP contribution in [0.4, 0.5) is 5.82 Å². The Bertz CT molecular complexity index is 549. The second-order valence-corrected chi connectivity index (χ2v) is 5.44. The minimum absolute atomic E-state index is 0.311. The van der Waals surface area contributed by atoms with Crippen LogP contribution >= 0.6 is 27.5 Å². The maximum atomic E-state index is 6.09. The van der Waals surface area contributed by atoms with Gasteiger partial charge in [-0.25, -0.2) is 0 Å². The number of anilines is 1. The number of halogens is 2. The molecule has 0 unspecified atom stereocenters. The van der Waals surface area contributed by atoms with E-state index < -0.39 is 0 Å². The lowest BCUT2D eigenvalue weighted by Gasteiger charge is -2.08. The van der Waals surface area contributed by atoms with E-state index in [-0.39, 0.29) is 0 Å². The van der Waals surface area contributed by atoms with Gasteiger partial charge in [0.25, 0.3) is 0 Å². The van der Waals surface area contributed by atoms with Gasteiger partial charge in [0.15, 0.2) is 0 Å². The average molecular weight is 315 g/mol. The monoisotopic (exact) mass is 313 g/mol. The molecule has 0 saturated heterocycles. The van der Waals surface area contributed by atoms with Crippen LogP contribution in [0, 0.1) is 0 Å². The summed E-state index contributed by atoms with van der Waals surface area (Å²) >= 11 is 9.46. The fraction of sp³-hybridized carbons (Fsp3) is 0.250. The van der Waals surface area contributed by atoms with Gasteiger partial charge in [-0.15, -0.1) is 0 Å². The maximum Gasteiger partial charge on any atom is 0.149 e. The molecule has 90 valence electrons. The Kier molecular flexibility index (Phi) is 3.45. The zero-order valence-corrected chi connectivity index (χ0v) is 11.9. The number of benzene rings is 1. The quantitative estimate of drug-likeness (QED) is 0.873. The van der Waals surface area contributed by atoms with Gasteiger partial charge >= 0.3 is 0 Å². The van der Waals surface area contributed by atoms with Crippen molar-refractivity contribution in [2.75, 3.05) is 5.73 Å². The Morgan fingerprint density at radius 2 is 2.12 bits per heavy atom. The highest BCUT2D eigenvalue weighted by molar-refractivity contribution is 9.10. The van der Waals surface area contributed by atoms with E-state index in [1.54, 1.807) is 0 Å². The number of rotatable bonds is 2. The number of aromatic nitrogens is 2. The fourth-order valence-electron chi connectivity index (χ4n) is 1.82. The third-order valence-electron chi connectivity index (χ3n) is 2.62. The van der Waals surface area contributed by atoms with Crippen molar-refractivity contribution in [2.24, 2.45) is 0 Å². The smallest absolute Gasteiger partial charge is 0.149 e. The fourth-order valence-corrected chi connectivity index (χ4v) is 2.25. The highest BCUT2D eigenvalue weighted by atomic mass is 79.9. The van der Waals surface area contributed by atoms with Crippen molar-refractivity contribution < 1.29 is 0 Å². The van der Waals surface area contributed by atoms with E-state index >= 15 is 0 Å². The second-order valence-electron chi connectivity index (χ2n) is 4.18. The molecular formula is C12H13BrClN3. The molecule has 0 spiro atoms. The van der Waals surface area contributed by atoms with Gasteiger partial charge in [0.2, 0.25) is 0 Å². The highest BCUT2D eigenvalue weighted by Gasteiger charge is 2.16. The van der Waals surface area contributed by atoms with Gasteiger partial charge in [0.1, 0.15) is 5.82 Å². The molecule has 0 saturated carbocycles. The van der Waals surface area contributed by atoms with Gasteiger partial charge in [0, 0.05) is 15.6 Å². The van der Waals surface area contributed by atoms with Gasteiger partial charge in [-0.2, -0.15) is 5.10 Å². The third-order valence-corrected chi connectivity index (χ3v) is 3.85. The molecule has 2 rings (SSSR count). The molecule has 1 aromatic carbocycles. The number of nitrogens with zero attached hydrogens (tertiary/aromatic N) is 1. The SMILES string of the molecule is CC(C)c1c(N)n[nH]c1-c1ccc(Br)c(Cl)c1. The predicted molar refractivity (Wildman–Crippen MR) is 75.2 cm³/mol. The molecule has 0 aliphatic heterocycles. The van der Waals surface area contributed by atoms with Crippen LogP contribution in [0.5, 0.6) is 0 Å². The summed E-state index contributed by atoms with van der Waals surface area (Å²) in [7, 11) is 0. The van der Waals surface area contributed by atoms with Crippen LogP contribution in [0.3, 0.4) is 0 Å². The van der Waals surface area contributed by atoms with E-state index in [9.17, 15) is 0 Å². The highest BCUT2D eigenvalue weighted by Crippen LogP contribution is 2.34. The minimum atomic E-state index is 0.311. The molecular weight excluding hydrogens is 302 g/mol. The van der Waals surface area contributed by atoms with Crippen molar-refractivity contribution in [1.29, 1.82) is 0 Å². The van der Waals surface area contributed by atoms with Crippen LogP contribution in [-0.2, 0) is 0 Å². The summed E-state index contributed by atoms with van der Waals surface area (Å²) in [5, 5.41) is 7.71. The van der Waals surface area contributed by atoms with E-state index in [4.69, 9.17) is 17.3 Å². The first kappa shape index (κ1) is 12.5. The Morgan fingerprint density at radius 3 is 2.71 bits per heavy atom. The molecule has 1 aromatic heterocycles. The molecule has 0 fully saturated rings. The number of hydrogen-bond donors (Lipinski definition) is 2. The molecule has 3 nitrogen and oxygen atoms in total. The van der Waals surface area contributed by atoms with Crippen LogP contribution in [0.1, 0.15) is 25.3 Å². The van der Waals surface area contributed by atoms with Crippen molar-refractivity contribution in [1.82, 2.24) is 10.2 Å². The number of nitrogens with two attached hydrogens (primary N) is 1. The first-order valence-electron chi connectivity index (χ1n) is 5.30. The summed E-state index contributed by atoms with van der Waals surface area (Å²) in [6.07, 6.45) is 0.